The van der Waals surface area contributed by atoms with Crippen LogP contribution in [0.25, 0.3) is 0 Å². The molecule has 17 heavy (non-hydrogen) atoms. The van der Waals surface area contributed by atoms with Gasteiger partial charge in [-0.25, -0.2) is 4.39 Å². The normalized spacial score (nSPS) is 10.1. The SMILES string of the molecule is CN(CCOc1ccc(F)cc1)C(=O)CCBr. The number of halogens is 2. The van der Waals surface area contributed by atoms with E-state index in [0.717, 1.165) is 0 Å². The third-order valence-electron chi connectivity index (χ3n) is 2.24. The first-order valence-corrected chi connectivity index (χ1v) is 6.44. The molecule has 0 atom stereocenters. The first kappa shape index (κ1) is 14.0. The van der Waals surface area contributed by atoms with Crippen LogP contribution in [0.3, 0.4) is 0 Å². The van der Waals surface area contributed by atoms with Gasteiger partial charge in [0.25, 0.3) is 0 Å². The number of hydrogen-bond donors (Lipinski definition) is 0. The zero-order valence-corrected chi connectivity index (χ0v) is 11.2. The standard InChI is InChI=1S/C12H15BrFNO2/c1-15(12(16)6-7-13)8-9-17-11-4-2-10(14)3-5-11/h2-5H,6-9H2,1H3. The first-order chi connectivity index (χ1) is 8.13. The largest absolute Gasteiger partial charge is 0.492 e. The molecule has 3 nitrogen and oxygen atoms in total. The average molecular weight is 304 g/mol. The van der Waals surface area contributed by atoms with Crippen molar-refractivity contribution in [3.8, 4) is 5.75 Å². The van der Waals surface area contributed by atoms with Gasteiger partial charge in [-0.15, -0.1) is 0 Å². The topological polar surface area (TPSA) is 29.5 Å². The van der Waals surface area contributed by atoms with Crippen molar-refractivity contribution >= 4 is 21.8 Å². The maximum absolute atomic E-state index is 12.6. The van der Waals surface area contributed by atoms with Crippen LogP contribution in [0.5, 0.6) is 5.75 Å². The number of amides is 1. The molecule has 1 rings (SSSR count). The van der Waals surface area contributed by atoms with Gasteiger partial charge in [0, 0.05) is 18.8 Å². The monoisotopic (exact) mass is 303 g/mol. The third kappa shape index (κ3) is 5.17. The number of likely N-dealkylation sites (N-methyl/N-ethyl adjacent to an activating group) is 1. The van der Waals surface area contributed by atoms with Gasteiger partial charge in [0.2, 0.25) is 5.91 Å². The van der Waals surface area contributed by atoms with Gasteiger partial charge in [-0.2, -0.15) is 0 Å². The Bertz CT molecular complexity index is 356. The number of alkyl halides is 1. The zero-order valence-electron chi connectivity index (χ0n) is 9.66. The minimum Gasteiger partial charge on any atom is -0.492 e. The zero-order chi connectivity index (χ0) is 12.7. The van der Waals surface area contributed by atoms with Crippen LogP contribution in [-0.2, 0) is 4.79 Å². The number of hydrogen-bond acceptors (Lipinski definition) is 2. The Morgan fingerprint density at radius 1 is 1.41 bits per heavy atom. The van der Waals surface area contributed by atoms with Crippen LogP contribution in [0.15, 0.2) is 24.3 Å². The molecule has 0 heterocycles. The highest BCUT2D eigenvalue weighted by Gasteiger charge is 2.07. The molecule has 0 fully saturated rings. The molecule has 1 aromatic rings. The lowest BCUT2D eigenvalue weighted by molar-refractivity contribution is -0.129. The Morgan fingerprint density at radius 2 is 2.06 bits per heavy atom. The molecule has 0 aliphatic heterocycles. The fourth-order valence-electron chi connectivity index (χ4n) is 1.23. The Morgan fingerprint density at radius 3 is 2.65 bits per heavy atom. The number of benzene rings is 1. The van der Waals surface area contributed by atoms with E-state index in [0.29, 0.717) is 30.7 Å². The summed E-state index contributed by atoms with van der Waals surface area (Å²) < 4.78 is 18.0. The van der Waals surface area contributed by atoms with Crippen molar-refractivity contribution < 1.29 is 13.9 Å². The highest BCUT2D eigenvalue weighted by Crippen LogP contribution is 2.10. The minimum atomic E-state index is -0.290. The summed E-state index contributed by atoms with van der Waals surface area (Å²) in [7, 11) is 1.74. The predicted octanol–water partition coefficient (Wildman–Crippen LogP) is 2.45. The lowest BCUT2D eigenvalue weighted by atomic mass is 10.3. The summed E-state index contributed by atoms with van der Waals surface area (Å²) in [6.07, 6.45) is 0.479. The summed E-state index contributed by atoms with van der Waals surface area (Å²) in [4.78, 5) is 13.0. The van der Waals surface area contributed by atoms with Gasteiger partial charge in [-0.05, 0) is 24.3 Å². The summed E-state index contributed by atoms with van der Waals surface area (Å²) in [6.45, 7) is 0.916. The van der Waals surface area contributed by atoms with Crippen LogP contribution in [-0.4, -0.2) is 36.3 Å². The van der Waals surface area contributed by atoms with Crippen LogP contribution in [0.4, 0.5) is 4.39 Å². The molecule has 5 heteroatoms. The van der Waals surface area contributed by atoms with Crippen LogP contribution in [0.1, 0.15) is 6.42 Å². The van der Waals surface area contributed by atoms with Gasteiger partial charge in [-0.3, -0.25) is 4.79 Å². The molecule has 0 saturated heterocycles. The maximum Gasteiger partial charge on any atom is 0.223 e. The summed E-state index contributed by atoms with van der Waals surface area (Å²) in [5, 5.41) is 0.662. The van der Waals surface area contributed by atoms with Gasteiger partial charge >= 0.3 is 0 Å². The van der Waals surface area contributed by atoms with Crippen LogP contribution >= 0.6 is 15.9 Å². The Balaban J connectivity index is 2.27. The van der Waals surface area contributed by atoms with E-state index >= 15 is 0 Å². The molecule has 0 N–H and O–H groups in total. The number of carbonyl (C=O) groups is 1. The molecular formula is C12H15BrFNO2. The fourth-order valence-corrected chi connectivity index (χ4v) is 1.57. The van der Waals surface area contributed by atoms with E-state index in [9.17, 15) is 9.18 Å². The van der Waals surface area contributed by atoms with Crippen molar-refractivity contribution in [2.75, 3.05) is 25.5 Å². The predicted molar refractivity (Wildman–Crippen MR) is 67.9 cm³/mol. The lowest BCUT2D eigenvalue weighted by Gasteiger charge is -2.16. The molecule has 94 valence electrons. The molecule has 0 aliphatic carbocycles. The molecule has 0 unspecified atom stereocenters. The van der Waals surface area contributed by atoms with Crippen molar-refractivity contribution in [1.29, 1.82) is 0 Å². The Labute approximate surface area is 109 Å². The third-order valence-corrected chi connectivity index (χ3v) is 2.64. The quantitative estimate of drug-likeness (QED) is 0.756. The van der Waals surface area contributed by atoms with E-state index in [-0.39, 0.29) is 11.7 Å². The molecule has 0 aromatic heterocycles. The van der Waals surface area contributed by atoms with Gasteiger partial charge in [-0.1, -0.05) is 15.9 Å². The van der Waals surface area contributed by atoms with Gasteiger partial charge < -0.3 is 9.64 Å². The smallest absolute Gasteiger partial charge is 0.223 e. The van der Waals surface area contributed by atoms with E-state index in [2.05, 4.69) is 15.9 Å². The second-order valence-corrected chi connectivity index (χ2v) is 4.35. The minimum absolute atomic E-state index is 0.0737. The number of carbonyl (C=O) groups excluding carboxylic acids is 1. The maximum atomic E-state index is 12.6. The Hall–Kier alpha value is -1.10. The van der Waals surface area contributed by atoms with Gasteiger partial charge in [0.15, 0.2) is 0 Å². The molecule has 1 aromatic carbocycles. The van der Waals surface area contributed by atoms with Gasteiger partial charge in [0.1, 0.15) is 18.2 Å². The molecule has 0 saturated carbocycles. The molecule has 0 spiro atoms. The summed E-state index contributed by atoms with van der Waals surface area (Å²) >= 11 is 3.22. The van der Waals surface area contributed by atoms with Crippen LogP contribution in [0.2, 0.25) is 0 Å². The van der Waals surface area contributed by atoms with Crippen LogP contribution in [0, 0.1) is 5.82 Å². The highest BCUT2D eigenvalue weighted by atomic mass is 79.9. The summed E-state index contributed by atoms with van der Waals surface area (Å²) in [5.41, 5.74) is 0. The first-order valence-electron chi connectivity index (χ1n) is 5.32. The van der Waals surface area contributed by atoms with E-state index in [1.54, 1.807) is 24.1 Å². The van der Waals surface area contributed by atoms with E-state index < -0.39 is 0 Å². The second-order valence-electron chi connectivity index (χ2n) is 3.56. The molecule has 1 amide bonds. The van der Waals surface area contributed by atoms with Crippen molar-refractivity contribution in [2.24, 2.45) is 0 Å². The number of ether oxygens (including phenoxy) is 1. The highest BCUT2D eigenvalue weighted by molar-refractivity contribution is 9.09. The van der Waals surface area contributed by atoms with E-state index in [1.165, 1.54) is 12.1 Å². The molecule has 0 bridgehead atoms. The van der Waals surface area contributed by atoms with Crippen molar-refractivity contribution in [3.63, 3.8) is 0 Å². The van der Waals surface area contributed by atoms with E-state index in [1.807, 2.05) is 0 Å². The lowest BCUT2D eigenvalue weighted by Crippen LogP contribution is -2.30. The fraction of sp³-hybridized carbons (Fsp3) is 0.417. The molecule has 0 aliphatic rings. The average Bonchev–Trinajstić information content (AvgIpc) is 2.32. The molecular weight excluding hydrogens is 289 g/mol. The Kier molecular flexibility index (Phi) is 5.97. The van der Waals surface area contributed by atoms with Crippen molar-refractivity contribution in [1.82, 2.24) is 4.90 Å². The van der Waals surface area contributed by atoms with E-state index in [4.69, 9.17) is 4.74 Å². The number of nitrogens with zero attached hydrogens (tertiary/aromatic N) is 1. The second kappa shape index (κ2) is 7.27. The molecule has 0 radical (unpaired) electrons. The summed E-state index contributed by atoms with van der Waals surface area (Å²) in [6, 6.07) is 5.81. The van der Waals surface area contributed by atoms with Crippen molar-refractivity contribution in [3.05, 3.63) is 30.1 Å². The van der Waals surface area contributed by atoms with Crippen molar-refractivity contribution in [2.45, 2.75) is 6.42 Å². The number of rotatable bonds is 6. The summed E-state index contributed by atoms with van der Waals surface area (Å²) in [5.74, 6) is 0.388. The van der Waals surface area contributed by atoms with Gasteiger partial charge in [0.05, 0.1) is 6.54 Å². The van der Waals surface area contributed by atoms with Crippen LogP contribution < -0.4 is 4.74 Å².